The molecular formula is C27H34ClN7O4S. The van der Waals surface area contributed by atoms with Crippen LogP contribution < -0.4 is 32.2 Å². The molecule has 4 rings (SSSR count). The van der Waals surface area contributed by atoms with Crippen molar-refractivity contribution >= 4 is 56.3 Å². The molecule has 40 heavy (non-hydrogen) atoms. The van der Waals surface area contributed by atoms with Crippen molar-refractivity contribution in [3.05, 3.63) is 53.1 Å². The molecule has 0 radical (unpaired) electrons. The molecule has 2 aromatic carbocycles. The third kappa shape index (κ3) is 6.93. The molecule has 13 heteroatoms. The van der Waals surface area contributed by atoms with Crippen molar-refractivity contribution in [2.45, 2.75) is 56.0 Å². The molecule has 1 aliphatic carbocycles. The molecule has 0 aliphatic heterocycles. The summed E-state index contributed by atoms with van der Waals surface area (Å²) in [6.07, 6.45) is 4.09. The van der Waals surface area contributed by atoms with Gasteiger partial charge in [-0.1, -0.05) is 30.7 Å². The van der Waals surface area contributed by atoms with Crippen molar-refractivity contribution in [1.82, 2.24) is 15.3 Å². The summed E-state index contributed by atoms with van der Waals surface area (Å²) < 4.78 is 31.1. The van der Waals surface area contributed by atoms with Crippen molar-refractivity contribution in [3.8, 4) is 5.75 Å². The molecule has 3 aromatic rings. The molecule has 1 amide bonds. The Hall–Kier alpha value is -3.61. The van der Waals surface area contributed by atoms with Gasteiger partial charge in [-0.25, -0.2) is 8.42 Å². The fourth-order valence-electron chi connectivity index (χ4n) is 4.63. The predicted octanol–water partition coefficient (Wildman–Crippen LogP) is 4.39. The lowest BCUT2D eigenvalue weighted by Crippen LogP contribution is -2.42. The molecule has 1 saturated carbocycles. The molecule has 214 valence electrons. The van der Waals surface area contributed by atoms with E-state index in [-0.39, 0.29) is 51.2 Å². The molecule has 11 nitrogen and oxygen atoms in total. The van der Waals surface area contributed by atoms with Crippen LogP contribution in [0.1, 0.15) is 49.4 Å². The minimum atomic E-state index is -3.53. The number of benzene rings is 2. The molecule has 7 N–H and O–H groups in total. The number of sulfone groups is 1. The first-order chi connectivity index (χ1) is 19.1. The zero-order chi connectivity index (χ0) is 28.9. The van der Waals surface area contributed by atoms with Gasteiger partial charge in [-0.2, -0.15) is 9.97 Å². The summed E-state index contributed by atoms with van der Waals surface area (Å²) in [6, 6.07) is 11.6. The Balaban J connectivity index is 1.57. The molecule has 2 atom stereocenters. The number of aromatic nitrogens is 2. The molecule has 2 unspecified atom stereocenters. The first-order valence-electron chi connectivity index (χ1n) is 13.0. The van der Waals surface area contributed by atoms with Crippen molar-refractivity contribution in [2.24, 2.45) is 5.73 Å². The van der Waals surface area contributed by atoms with Crippen molar-refractivity contribution in [3.63, 3.8) is 0 Å². The Kier molecular flexibility index (Phi) is 9.33. The van der Waals surface area contributed by atoms with Gasteiger partial charge in [0.15, 0.2) is 15.7 Å². The number of nitrogens with zero attached hydrogens (tertiary/aromatic N) is 2. The smallest absolute Gasteiger partial charge is 0.251 e. The average molecular weight is 588 g/mol. The van der Waals surface area contributed by atoms with Crippen molar-refractivity contribution in [1.29, 1.82) is 0 Å². The third-order valence-electron chi connectivity index (χ3n) is 6.59. The van der Waals surface area contributed by atoms with Crippen LogP contribution in [0.2, 0.25) is 5.02 Å². The van der Waals surface area contributed by atoms with Gasteiger partial charge in [0.25, 0.3) is 5.91 Å². The highest BCUT2D eigenvalue weighted by Crippen LogP contribution is 2.34. The number of carbonyl (C=O) groups is 1. The second-order valence-electron chi connectivity index (χ2n) is 9.67. The van der Waals surface area contributed by atoms with E-state index in [4.69, 9.17) is 27.8 Å². The van der Waals surface area contributed by atoms with Crippen LogP contribution in [0.15, 0.2) is 47.4 Å². The van der Waals surface area contributed by atoms with E-state index in [0.717, 1.165) is 25.7 Å². The highest BCUT2D eigenvalue weighted by molar-refractivity contribution is 7.91. The summed E-state index contributed by atoms with van der Waals surface area (Å²) >= 11 is 6.38. The fourth-order valence-corrected chi connectivity index (χ4v) is 6.26. The quantitative estimate of drug-likeness (QED) is 0.229. The zero-order valence-corrected chi connectivity index (χ0v) is 24.0. The Labute approximate surface area is 239 Å². The van der Waals surface area contributed by atoms with Gasteiger partial charge in [0.05, 0.1) is 29.1 Å². The molecule has 1 aliphatic rings. The van der Waals surface area contributed by atoms with Crippen LogP contribution in [-0.4, -0.2) is 49.2 Å². The van der Waals surface area contributed by atoms with E-state index < -0.39 is 9.84 Å². The minimum absolute atomic E-state index is 0.000150. The minimum Gasteiger partial charge on any atom is -0.495 e. The number of anilines is 5. The van der Waals surface area contributed by atoms with Gasteiger partial charge >= 0.3 is 0 Å². The van der Waals surface area contributed by atoms with Crippen molar-refractivity contribution < 1.29 is 17.9 Å². The maximum Gasteiger partial charge on any atom is 0.251 e. The topological polar surface area (TPSA) is 174 Å². The predicted molar refractivity (Wildman–Crippen MR) is 157 cm³/mol. The largest absolute Gasteiger partial charge is 0.495 e. The van der Waals surface area contributed by atoms with Crippen LogP contribution in [0.3, 0.4) is 0 Å². The van der Waals surface area contributed by atoms with Crippen molar-refractivity contribution in [2.75, 3.05) is 29.2 Å². The standard InChI is InChI=1S/C27H34ClN7O4S/c1-3-13-40(37,38)22-10-5-4-9-20(22)32-25-23(28)24(30)34-27(35-25)33-19-12-11-16(14-21(19)39-2)26(36)31-18-8-6-7-17(29)15-18/h4-5,9-12,14,17-18H,3,6-8,13,15,29H2,1-2H3,(H,31,36)(H4,30,32,33,34,35). The number of rotatable bonds is 10. The molecular weight excluding hydrogens is 554 g/mol. The number of carbonyl (C=O) groups excluding carboxylic acids is 1. The molecule has 1 aromatic heterocycles. The fraction of sp³-hybridized carbons (Fsp3) is 0.370. The summed E-state index contributed by atoms with van der Waals surface area (Å²) in [5.74, 6) is 0.368. The number of amides is 1. The Morgan fingerprint density at radius 3 is 2.62 bits per heavy atom. The Morgan fingerprint density at radius 1 is 1.12 bits per heavy atom. The lowest BCUT2D eigenvalue weighted by molar-refractivity contribution is 0.0925. The van der Waals surface area contributed by atoms with Gasteiger partial charge < -0.3 is 32.2 Å². The summed E-state index contributed by atoms with van der Waals surface area (Å²) in [7, 11) is -2.04. The van der Waals surface area contributed by atoms with E-state index in [1.54, 1.807) is 43.3 Å². The van der Waals surface area contributed by atoms with E-state index in [1.165, 1.54) is 13.2 Å². The number of halogens is 1. The number of nitrogen functional groups attached to an aromatic ring is 1. The van der Waals surface area contributed by atoms with Gasteiger partial charge in [-0.15, -0.1) is 0 Å². The highest BCUT2D eigenvalue weighted by Gasteiger charge is 2.23. The second-order valence-corrected chi connectivity index (χ2v) is 12.1. The molecule has 0 bridgehead atoms. The number of nitrogens with one attached hydrogen (secondary N) is 3. The molecule has 0 spiro atoms. The summed E-state index contributed by atoms with van der Waals surface area (Å²) in [5, 5.41) is 9.12. The number of hydrogen-bond donors (Lipinski definition) is 5. The normalized spacial score (nSPS) is 17.2. The van der Waals surface area contributed by atoms with Gasteiger partial charge in [-0.3, -0.25) is 4.79 Å². The average Bonchev–Trinajstić information content (AvgIpc) is 2.92. The van der Waals surface area contributed by atoms with Crippen LogP contribution in [0.4, 0.5) is 29.0 Å². The first-order valence-corrected chi connectivity index (χ1v) is 15.1. The number of ether oxygens (including phenoxy) is 1. The third-order valence-corrected chi connectivity index (χ3v) is 8.93. The van der Waals surface area contributed by atoms with Crippen LogP contribution in [-0.2, 0) is 9.84 Å². The number of hydrogen-bond acceptors (Lipinski definition) is 10. The monoisotopic (exact) mass is 587 g/mol. The zero-order valence-electron chi connectivity index (χ0n) is 22.4. The van der Waals surface area contributed by atoms with Gasteiger partial charge in [0, 0.05) is 17.6 Å². The number of para-hydroxylation sites is 1. The lowest BCUT2D eigenvalue weighted by atomic mass is 9.91. The van der Waals surface area contributed by atoms with Crippen LogP contribution in [0.25, 0.3) is 0 Å². The SMILES string of the molecule is CCCS(=O)(=O)c1ccccc1Nc1nc(Nc2ccc(C(=O)NC3CCCC(N)C3)cc2OC)nc(N)c1Cl. The van der Waals surface area contributed by atoms with Gasteiger partial charge in [0.2, 0.25) is 5.95 Å². The maximum atomic E-state index is 12.9. The van der Waals surface area contributed by atoms with Crippen LogP contribution >= 0.6 is 11.6 Å². The lowest BCUT2D eigenvalue weighted by Gasteiger charge is -2.27. The molecule has 1 fully saturated rings. The van der Waals surface area contributed by atoms with Crippen LogP contribution in [0, 0.1) is 0 Å². The van der Waals surface area contributed by atoms with E-state index in [9.17, 15) is 13.2 Å². The van der Waals surface area contributed by atoms with E-state index >= 15 is 0 Å². The van der Waals surface area contributed by atoms with E-state index in [0.29, 0.717) is 29.1 Å². The summed E-state index contributed by atoms with van der Waals surface area (Å²) in [5.41, 5.74) is 13.3. The van der Waals surface area contributed by atoms with E-state index in [1.807, 2.05) is 0 Å². The summed E-state index contributed by atoms with van der Waals surface area (Å²) in [4.78, 5) is 21.6. The molecule has 1 heterocycles. The molecule has 0 saturated heterocycles. The Bertz CT molecular complexity index is 1490. The van der Waals surface area contributed by atoms with E-state index in [2.05, 4.69) is 25.9 Å². The Morgan fingerprint density at radius 2 is 1.90 bits per heavy atom. The number of methoxy groups -OCH3 is 1. The number of nitrogens with two attached hydrogens (primary N) is 2. The second kappa shape index (κ2) is 12.7. The van der Waals surface area contributed by atoms with Crippen LogP contribution in [0.5, 0.6) is 5.75 Å². The van der Waals surface area contributed by atoms with Gasteiger partial charge in [-0.05, 0) is 62.4 Å². The maximum absolute atomic E-state index is 12.9. The van der Waals surface area contributed by atoms with Gasteiger partial charge in [0.1, 0.15) is 16.6 Å². The summed E-state index contributed by atoms with van der Waals surface area (Å²) in [6.45, 7) is 1.80. The first kappa shape index (κ1) is 29.4. The highest BCUT2D eigenvalue weighted by atomic mass is 35.5.